The molecule has 2 heterocycles. The summed E-state index contributed by atoms with van der Waals surface area (Å²) in [5.41, 5.74) is 7.55. The lowest BCUT2D eigenvalue weighted by molar-refractivity contribution is 0.0918. The largest absolute Gasteiger partial charge is 0.349 e. The first-order valence-electron chi connectivity index (χ1n) is 9.86. The molecule has 0 spiro atoms. The van der Waals surface area contributed by atoms with Gasteiger partial charge in [-0.15, -0.1) is 0 Å². The molecule has 1 aliphatic rings. The van der Waals surface area contributed by atoms with E-state index in [9.17, 15) is 9.18 Å². The molecule has 4 rings (SSSR count). The smallest absolute Gasteiger partial charge is 0.254 e. The van der Waals surface area contributed by atoms with Crippen LogP contribution in [0.2, 0.25) is 0 Å². The van der Waals surface area contributed by atoms with Crippen LogP contribution in [0.5, 0.6) is 0 Å². The van der Waals surface area contributed by atoms with E-state index in [1.807, 2.05) is 12.3 Å². The summed E-state index contributed by atoms with van der Waals surface area (Å²) < 4.78 is 16.3. The number of hydrogen-bond acceptors (Lipinski definition) is 3. The molecule has 0 atom stereocenters. The second-order valence-corrected chi connectivity index (χ2v) is 7.47. The van der Waals surface area contributed by atoms with Crippen LogP contribution in [-0.4, -0.2) is 28.0 Å². The standard InChI is InChI=1S/C22H25FN4O/c23-20-8-3-15(9-11-24)14-19(20)22(28)26-17-4-6-18(7-5-17)27-13-10-16-2-1-12-25-21(16)27/h1-3,8,10,12-14,17-18H,4-7,9,11,24H2,(H,26,28). The van der Waals surface area contributed by atoms with Crippen LogP contribution in [0.4, 0.5) is 4.39 Å². The quantitative estimate of drug-likeness (QED) is 0.710. The Morgan fingerprint density at radius 2 is 2.04 bits per heavy atom. The maximum Gasteiger partial charge on any atom is 0.254 e. The number of nitrogens with one attached hydrogen (secondary N) is 1. The first-order chi connectivity index (χ1) is 13.7. The average molecular weight is 380 g/mol. The van der Waals surface area contributed by atoms with Crippen molar-refractivity contribution in [3.63, 3.8) is 0 Å². The molecule has 1 fully saturated rings. The lowest BCUT2D eigenvalue weighted by atomic mass is 9.90. The van der Waals surface area contributed by atoms with Gasteiger partial charge in [-0.25, -0.2) is 9.37 Å². The Labute approximate surface area is 163 Å². The van der Waals surface area contributed by atoms with Gasteiger partial charge in [-0.1, -0.05) is 6.07 Å². The molecule has 0 bridgehead atoms. The number of rotatable bonds is 5. The number of benzene rings is 1. The second-order valence-electron chi connectivity index (χ2n) is 7.47. The van der Waals surface area contributed by atoms with Crippen molar-refractivity contribution in [2.24, 2.45) is 5.73 Å². The van der Waals surface area contributed by atoms with Gasteiger partial charge in [0.1, 0.15) is 11.5 Å². The highest BCUT2D eigenvalue weighted by molar-refractivity contribution is 5.94. The summed E-state index contributed by atoms with van der Waals surface area (Å²) in [5, 5.41) is 4.16. The van der Waals surface area contributed by atoms with Crippen molar-refractivity contribution in [3.8, 4) is 0 Å². The van der Waals surface area contributed by atoms with Crippen LogP contribution in [0.1, 0.15) is 47.6 Å². The van der Waals surface area contributed by atoms with Gasteiger partial charge in [0.15, 0.2) is 0 Å². The highest BCUT2D eigenvalue weighted by atomic mass is 19.1. The van der Waals surface area contributed by atoms with Crippen molar-refractivity contribution in [3.05, 3.63) is 65.7 Å². The van der Waals surface area contributed by atoms with Crippen molar-refractivity contribution in [2.45, 2.75) is 44.2 Å². The van der Waals surface area contributed by atoms with Crippen molar-refractivity contribution in [1.82, 2.24) is 14.9 Å². The fourth-order valence-corrected chi connectivity index (χ4v) is 4.11. The topological polar surface area (TPSA) is 72.9 Å². The summed E-state index contributed by atoms with van der Waals surface area (Å²) in [7, 11) is 0. The molecule has 5 nitrogen and oxygen atoms in total. The molecular formula is C22H25FN4O. The van der Waals surface area contributed by atoms with E-state index in [4.69, 9.17) is 5.73 Å². The summed E-state index contributed by atoms with van der Waals surface area (Å²) in [6.07, 6.45) is 8.20. The van der Waals surface area contributed by atoms with Gasteiger partial charge in [0, 0.05) is 29.9 Å². The van der Waals surface area contributed by atoms with Crippen LogP contribution in [0, 0.1) is 5.82 Å². The number of hydrogen-bond donors (Lipinski definition) is 2. The molecule has 0 saturated heterocycles. The van der Waals surface area contributed by atoms with Gasteiger partial charge >= 0.3 is 0 Å². The van der Waals surface area contributed by atoms with Crippen LogP contribution in [0.25, 0.3) is 11.0 Å². The Kier molecular flexibility index (Phi) is 5.39. The van der Waals surface area contributed by atoms with Crippen molar-refractivity contribution in [2.75, 3.05) is 6.54 Å². The van der Waals surface area contributed by atoms with E-state index in [-0.39, 0.29) is 17.5 Å². The number of carbonyl (C=O) groups excluding carboxylic acids is 1. The minimum absolute atomic E-state index is 0.0658. The normalized spacial score (nSPS) is 19.6. The van der Waals surface area contributed by atoms with Gasteiger partial charge in [0.05, 0.1) is 5.56 Å². The Hall–Kier alpha value is -2.73. The maximum absolute atomic E-state index is 14.1. The highest BCUT2D eigenvalue weighted by Crippen LogP contribution is 2.31. The van der Waals surface area contributed by atoms with Crippen molar-refractivity contribution in [1.29, 1.82) is 0 Å². The minimum Gasteiger partial charge on any atom is -0.349 e. The van der Waals surface area contributed by atoms with E-state index in [0.29, 0.717) is 19.0 Å². The van der Waals surface area contributed by atoms with Gasteiger partial charge in [-0.05, 0) is 74.5 Å². The molecule has 2 aromatic heterocycles. The van der Waals surface area contributed by atoms with E-state index in [0.717, 1.165) is 42.3 Å². The fraction of sp³-hybridized carbons (Fsp3) is 0.364. The summed E-state index contributed by atoms with van der Waals surface area (Å²) in [6, 6.07) is 11.2. The molecule has 3 aromatic rings. The molecule has 1 aliphatic carbocycles. The molecule has 1 amide bonds. The molecule has 6 heteroatoms. The number of aromatic nitrogens is 2. The summed E-state index contributed by atoms with van der Waals surface area (Å²) in [4.78, 5) is 17.1. The Morgan fingerprint density at radius 1 is 1.21 bits per heavy atom. The van der Waals surface area contributed by atoms with Crippen LogP contribution in [0.15, 0.2) is 48.8 Å². The molecule has 3 N–H and O–H groups in total. The van der Waals surface area contributed by atoms with E-state index in [1.165, 1.54) is 6.07 Å². The monoisotopic (exact) mass is 380 g/mol. The number of nitrogens with two attached hydrogens (primary N) is 1. The highest BCUT2D eigenvalue weighted by Gasteiger charge is 2.25. The molecule has 0 aliphatic heterocycles. The number of carbonyl (C=O) groups is 1. The molecule has 1 aromatic carbocycles. The molecule has 146 valence electrons. The fourth-order valence-electron chi connectivity index (χ4n) is 4.11. The number of amides is 1. The predicted molar refractivity (Wildman–Crippen MR) is 108 cm³/mol. The maximum atomic E-state index is 14.1. The second kappa shape index (κ2) is 8.10. The predicted octanol–water partition coefficient (Wildman–Crippen LogP) is 3.59. The van der Waals surface area contributed by atoms with E-state index < -0.39 is 5.82 Å². The summed E-state index contributed by atoms with van der Waals surface area (Å²) >= 11 is 0. The van der Waals surface area contributed by atoms with Crippen LogP contribution >= 0.6 is 0 Å². The molecule has 28 heavy (non-hydrogen) atoms. The molecule has 1 saturated carbocycles. The van der Waals surface area contributed by atoms with E-state index >= 15 is 0 Å². The molecule has 0 unspecified atom stereocenters. The number of pyridine rings is 1. The van der Waals surface area contributed by atoms with Crippen LogP contribution in [0.3, 0.4) is 0 Å². The van der Waals surface area contributed by atoms with Gasteiger partial charge in [0.25, 0.3) is 5.91 Å². The zero-order valence-electron chi connectivity index (χ0n) is 15.8. The number of halogens is 1. The summed E-state index contributed by atoms with van der Waals surface area (Å²) in [5.74, 6) is -0.829. The molecular weight excluding hydrogens is 355 g/mol. The van der Waals surface area contributed by atoms with Gasteiger partial charge in [-0.2, -0.15) is 0 Å². The van der Waals surface area contributed by atoms with Gasteiger partial charge in [0.2, 0.25) is 0 Å². The van der Waals surface area contributed by atoms with E-state index in [2.05, 4.69) is 33.2 Å². The zero-order chi connectivity index (χ0) is 19.5. The van der Waals surface area contributed by atoms with Gasteiger partial charge in [-0.3, -0.25) is 4.79 Å². The first kappa shape index (κ1) is 18.6. The molecule has 0 radical (unpaired) electrons. The Bertz CT molecular complexity index is 976. The lowest BCUT2D eigenvalue weighted by Crippen LogP contribution is -2.38. The lowest BCUT2D eigenvalue weighted by Gasteiger charge is -2.30. The van der Waals surface area contributed by atoms with E-state index in [1.54, 1.807) is 12.1 Å². The third-order valence-electron chi connectivity index (χ3n) is 5.61. The summed E-state index contributed by atoms with van der Waals surface area (Å²) in [6.45, 7) is 0.472. The van der Waals surface area contributed by atoms with Crippen LogP contribution < -0.4 is 11.1 Å². The van der Waals surface area contributed by atoms with Crippen molar-refractivity contribution < 1.29 is 9.18 Å². The third-order valence-corrected chi connectivity index (χ3v) is 5.61. The third kappa shape index (κ3) is 3.78. The first-order valence-corrected chi connectivity index (χ1v) is 9.86. The number of fused-ring (bicyclic) bond motifs is 1. The van der Waals surface area contributed by atoms with Gasteiger partial charge < -0.3 is 15.6 Å². The Morgan fingerprint density at radius 3 is 2.82 bits per heavy atom. The SMILES string of the molecule is NCCc1ccc(F)c(C(=O)NC2CCC(n3ccc4cccnc43)CC2)c1. The number of nitrogens with zero attached hydrogens (tertiary/aromatic N) is 2. The average Bonchev–Trinajstić information content (AvgIpc) is 3.14. The van der Waals surface area contributed by atoms with Crippen molar-refractivity contribution >= 4 is 16.9 Å². The van der Waals surface area contributed by atoms with Crippen LogP contribution in [-0.2, 0) is 6.42 Å². The zero-order valence-corrected chi connectivity index (χ0v) is 15.8. The Balaban J connectivity index is 1.39. The minimum atomic E-state index is -0.489.